The molecule has 1 saturated heterocycles. The van der Waals surface area contributed by atoms with Crippen LogP contribution in [-0.4, -0.2) is 48.6 Å². The SMILES string of the molecule is CCOC(=O)C(=O)NCC1CCN(C(C)(C)C)C1. The van der Waals surface area contributed by atoms with Gasteiger partial charge in [-0.05, 0) is 46.6 Å². The molecule has 1 unspecified atom stereocenters. The molecule has 1 rings (SSSR count). The highest BCUT2D eigenvalue weighted by atomic mass is 16.5. The van der Waals surface area contributed by atoms with Crippen molar-refractivity contribution in [3.05, 3.63) is 0 Å². The van der Waals surface area contributed by atoms with Gasteiger partial charge >= 0.3 is 11.9 Å². The number of likely N-dealkylation sites (tertiary alicyclic amines) is 1. The number of esters is 1. The Morgan fingerprint density at radius 2 is 2.06 bits per heavy atom. The second-order valence-electron chi connectivity index (χ2n) is 5.70. The van der Waals surface area contributed by atoms with Gasteiger partial charge in [-0.1, -0.05) is 0 Å². The summed E-state index contributed by atoms with van der Waals surface area (Å²) in [4.78, 5) is 24.9. The van der Waals surface area contributed by atoms with Crippen molar-refractivity contribution in [1.29, 1.82) is 0 Å². The van der Waals surface area contributed by atoms with Crippen LogP contribution in [0.25, 0.3) is 0 Å². The van der Waals surface area contributed by atoms with Gasteiger partial charge in [-0.3, -0.25) is 9.69 Å². The van der Waals surface area contributed by atoms with Crippen molar-refractivity contribution >= 4 is 11.9 Å². The quantitative estimate of drug-likeness (QED) is 0.599. The lowest BCUT2D eigenvalue weighted by Gasteiger charge is -2.31. The Labute approximate surface area is 109 Å². The monoisotopic (exact) mass is 256 g/mol. The smallest absolute Gasteiger partial charge is 0.396 e. The third-order valence-corrected chi connectivity index (χ3v) is 3.25. The third-order valence-electron chi connectivity index (χ3n) is 3.25. The molecule has 1 atom stereocenters. The summed E-state index contributed by atoms with van der Waals surface area (Å²) in [5, 5.41) is 2.64. The largest absolute Gasteiger partial charge is 0.459 e. The number of amides is 1. The number of carbonyl (C=O) groups excluding carboxylic acids is 2. The minimum absolute atomic E-state index is 0.167. The number of nitrogens with one attached hydrogen (secondary N) is 1. The van der Waals surface area contributed by atoms with Gasteiger partial charge in [0.05, 0.1) is 6.61 Å². The Morgan fingerprint density at radius 3 is 2.56 bits per heavy atom. The molecule has 0 aromatic rings. The Hall–Kier alpha value is -1.10. The highest BCUT2D eigenvalue weighted by Gasteiger charge is 2.30. The van der Waals surface area contributed by atoms with Gasteiger partial charge in [0.1, 0.15) is 0 Å². The van der Waals surface area contributed by atoms with E-state index in [2.05, 4.69) is 35.7 Å². The van der Waals surface area contributed by atoms with Gasteiger partial charge in [-0.2, -0.15) is 0 Å². The normalized spacial score (nSPS) is 20.8. The van der Waals surface area contributed by atoms with Gasteiger partial charge in [-0.25, -0.2) is 4.79 Å². The summed E-state index contributed by atoms with van der Waals surface area (Å²) in [7, 11) is 0. The lowest BCUT2D eigenvalue weighted by molar-refractivity contribution is -0.154. The van der Waals surface area contributed by atoms with Gasteiger partial charge in [0, 0.05) is 18.6 Å². The maximum atomic E-state index is 11.4. The highest BCUT2D eigenvalue weighted by Crippen LogP contribution is 2.23. The highest BCUT2D eigenvalue weighted by molar-refractivity contribution is 6.32. The summed E-state index contributed by atoms with van der Waals surface area (Å²) in [5.74, 6) is -1.00. The van der Waals surface area contributed by atoms with Crippen LogP contribution in [0, 0.1) is 5.92 Å². The Balaban J connectivity index is 2.30. The Morgan fingerprint density at radius 1 is 1.39 bits per heavy atom. The fourth-order valence-electron chi connectivity index (χ4n) is 2.11. The summed E-state index contributed by atoms with van der Waals surface area (Å²) in [6.07, 6.45) is 1.06. The van der Waals surface area contributed by atoms with Crippen molar-refractivity contribution in [3.63, 3.8) is 0 Å². The molecule has 0 aliphatic carbocycles. The zero-order chi connectivity index (χ0) is 13.8. The lowest BCUT2D eigenvalue weighted by atomic mass is 10.1. The summed E-state index contributed by atoms with van der Waals surface area (Å²) in [6.45, 7) is 11.0. The molecule has 104 valence electrons. The topological polar surface area (TPSA) is 58.6 Å². The number of rotatable bonds is 3. The van der Waals surface area contributed by atoms with Gasteiger partial charge in [0.15, 0.2) is 0 Å². The Kier molecular flexibility index (Phi) is 5.14. The number of hydrogen-bond acceptors (Lipinski definition) is 4. The molecule has 0 aromatic heterocycles. The van der Waals surface area contributed by atoms with Crippen LogP contribution in [0.3, 0.4) is 0 Å². The molecule has 1 fully saturated rings. The number of ether oxygens (including phenoxy) is 1. The summed E-state index contributed by atoms with van der Waals surface area (Å²) in [6, 6.07) is 0. The molecule has 0 radical (unpaired) electrons. The predicted molar refractivity (Wildman–Crippen MR) is 69.1 cm³/mol. The average Bonchev–Trinajstić information content (AvgIpc) is 2.74. The van der Waals surface area contributed by atoms with Crippen molar-refractivity contribution in [2.45, 2.75) is 39.7 Å². The minimum atomic E-state index is -0.789. The second kappa shape index (κ2) is 6.18. The van der Waals surface area contributed by atoms with Crippen LogP contribution in [0.5, 0.6) is 0 Å². The van der Waals surface area contributed by atoms with E-state index in [-0.39, 0.29) is 12.1 Å². The molecule has 1 aliphatic rings. The van der Waals surface area contributed by atoms with Crippen molar-refractivity contribution < 1.29 is 14.3 Å². The zero-order valence-electron chi connectivity index (χ0n) is 11.8. The molecule has 18 heavy (non-hydrogen) atoms. The molecular weight excluding hydrogens is 232 g/mol. The Bertz CT molecular complexity index is 310. The molecule has 1 aliphatic heterocycles. The first kappa shape index (κ1) is 15.0. The van der Waals surface area contributed by atoms with E-state index in [9.17, 15) is 9.59 Å². The fourth-order valence-corrected chi connectivity index (χ4v) is 2.11. The fraction of sp³-hybridized carbons (Fsp3) is 0.846. The lowest BCUT2D eigenvalue weighted by Crippen LogP contribution is -2.41. The average molecular weight is 256 g/mol. The van der Waals surface area contributed by atoms with Gasteiger partial charge < -0.3 is 10.1 Å². The van der Waals surface area contributed by atoms with E-state index in [1.54, 1.807) is 6.92 Å². The van der Waals surface area contributed by atoms with Gasteiger partial charge in [0.2, 0.25) is 0 Å². The second-order valence-corrected chi connectivity index (χ2v) is 5.70. The first-order valence-electron chi connectivity index (χ1n) is 6.54. The summed E-state index contributed by atoms with van der Waals surface area (Å²) in [5.41, 5.74) is 0.167. The van der Waals surface area contributed by atoms with Crippen LogP contribution < -0.4 is 5.32 Å². The number of carbonyl (C=O) groups is 2. The van der Waals surface area contributed by atoms with E-state index in [1.807, 2.05) is 0 Å². The molecule has 5 heteroatoms. The first-order valence-corrected chi connectivity index (χ1v) is 6.54. The number of nitrogens with zero attached hydrogens (tertiary/aromatic N) is 1. The third kappa shape index (κ3) is 4.29. The molecule has 0 spiro atoms. The van der Waals surface area contributed by atoms with Crippen LogP contribution in [0.15, 0.2) is 0 Å². The van der Waals surface area contributed by atoms with Crippen LogP contribution in [-0.2, 0) is 14.3 Å². The summed E-state index contributed by atoms with van der Waals surface area (Å²) < 4.78 is 4.63. The van der Waals surface area contributed by atoms with Crippen LogP contribution >= 0.6 is 0 Å². The van der Waals surface area contributed by atoms with E-state index in [0.717, 1.165) is 19.5 Å². The molecule has 0 aromatic carbocycles. The van der Waals surface area contributed by atoms with Gasteiger partial charge in [-0.15, -0.1) is 0 Å². The predicted octanol–water partition coefficient (Wildman–Crippen LogP) is 0.786. The van der Waals surface area contributed by atoms with Crippen LogP contribution in [0.4, 0.5) is 0 Å². The number of hydrogen-bond donors (Lipinski definition) is 1. The molecule has 0 bridgehead atoms. The van der Waals surface area contributed by atoms with Gasteiger partial charge in [0.25, 0.3) is 0 Å². The maximum Gasteiger partial charge on any atom is 0.396 e. The molecule has 1 heterocycles. The minimum Gasteiger partial charge on any atom is -0.459 e. The van der Waals surface area contributed by atoms with Crippen molar-refractivity contribution in [3.8, 4) is 0 Å². The standard InChI is InChI=1S/C13H24N2O3/c1-5-18-12(17)11(16)14-8-10-6-7-15(9-10)13(2,3)4/h10H,5-9H2,1-4H3,(H,14,16). The van der Waals surface area contributed by atoms with E-state index >= 15 is 0 Å². The van der Waals surface area contributed by atoms with E-state index in [0.29, 0.717) is 12.5 Å². The van der Waals surface area contributed by atoms with Crippen LogP contribution in [0.2, 0.25) is 0 Å². The summed E-state index contributed by atoms with van der Waals surface area (Å²) >= 11 is 0. The van der Waals surface area contributed by atoms with Crippen molar-refractivity contribution in [1.82, 2.24) is 10.2 Å². The first-order chi connectivity index (χ1) is 8.34. The zero-order valence-corrected chi connectivity index (χ0v) is 11.8. The van der Waals surface area contributed by atoms with E-state index in [4.69, 9.17) is 0 Å². The van der Waals surface area contributed by atoms with Crippen molar-refractivity contribution in [2.24, 2.45) is 5.92 Å². The van der Waals surface area contributed by atoms with Crippen LogP contribution in [0.1, 0.15) is 34.1 Å². The van der Waals surface area contributed by atoms with E-state index in [1.165, 1.54) is 0 Å². The van der Waals surface area contributed by atoms with E-state index < -0.39 is 11.9 Å². The molecule has 1 amide bonds. The van der Waals surface area contributed by atoms with Crippen molar-refractivity contribution in [2.75, 3.05) is 26.2 Å². The molecule has 5 nitrogen and oxygen atoms in total. The molecule has 0 saturated carbocycles. The molecular formula is C13H24N2O3. The molecule has 1 N–H and O–H groups in total. The maximum absolute atomic E-state index is 11.4.